The van der Waals surface area contributed by atoms with Crippen LogP contribution in [0.15, 0.2) is 72.8 Å². The van der Waals surface area contributed by atoms with Gasteiger partial charge in [0.25, 0.3) is 5.91 Å². The second-order valence-corrected chi connectivity index (χ2v) is 15.2. The van der Waals surface area contributed by atoms with E-state index < -0.39 is 71.8 Å². The van der Waals surface area contributed by atoms with Crippen LogP contribution in [-0.4, -0.2) is 127 Å². The quantitative estimate of drug-likeness (QED) is 0.141. The van der Waals surface area contributed by atoms with Gasteiger partial charge in [0.15, 0.2) is 6.10 Å². The van der Waals surface area contributed by atoms with Crippen molar-refractivity contribution in [2.24, 2.45) is 11.8 Å². The summed E-state index contributed by atoms with van der Waals surface area (Å²) in [5.74, 6) is -3.22. The lowest BCUT2D eigenvalue weighted by molar-refractivity contribution is -0.164. The van der Waals surface area contributed by atoms with Crippen molar-refractivity contribution in [3.63, 3.8) is 0 Å². The zero-order chi connectivity index (χ0) is 43.3. The number of rotatable bonds is 20. The fourth-order valence-corrected chi connectivity index (χ4v) is 6.43. The van der Waals surface area contributed by atoms with Crippen molar-refractivity contribution in [1.29, 1.82) is 0 Å². The number of benzene rings is 3. The standard InChI is InChI=1S/C44H60N4O10/c1-11-28(4)39(58-44(55)36(46(5)6)25-31-16-22-34(56-9)23-17-31)40(51)45-38(27(2)3)42(53)47(7)35(24-29-12-18-32(49)19-13-29)41(52)48(8)37(43(54)57-10)26-30-14-20-33(50)21-15-30/h12-23,27-28,35-39,49-50H,11,24-26H2,1-10H3,(H,45,51)/t28-,35+,36-,37+,38+,39+/m1/s1. The Hall–Kier alpha value is -5.63. The topological polar surface area (TPSA) is 175 Å². The SMILES string of the molecule is CC[C@@H](C)[C@H](OC(=O)[C@@H](Cc1ccc(OC)cc1)N(C)C)C(=O)N[C@H](C(=O)N(C)[C@@H](Cc1ccc(O)cc1)C(=O)N(C)[C@@H](Cc1ccc(O)cc1)C(=O)OC)C(C)C. The van der Waals surface area contributed by atoms with E-state index in [-0.39, 0.29) is 24.3 Å². The molecule has 0 spiro atoms. The zero-order valence-corrected chi connectivity index (χ0v) is 35.3. The zero-order valence-electron chi connectivity index (χ0n) is 35.3. The predicted molar refractivity (Wildman–Crippen MR) is 219 cm³/mol. The van der Waals surface area contributed by atoms with Crippen molar-refractivity contribution >= 4 is 29.7 Å². The van der Waals surface area contributed by atoms with Gasteiger partial charge in [-0.2, -0.15) is 0 Å². The summed E-state index contributed by atoms with van der Waals surface area (Å²) < 4.78 is 16.3. The van der Waals surface area contributed by atoms with Crippen molar-refractivity contribution in [3.8, 4) is 17.2 Å². The number of amides is 3. The molecule has 3 aromatic carbocycles. The number of carbonyl (C=O) groups excluding carboxylic acids is 5. The van der Waals surface area contributed by atoms with Gasteiger partial charge in [-0.1, -0.05) is 64.1 Å². The van der Waals surface area contributed by atoms with Crippen LogP contribution in [0.25, 0.3) is 0 Å². The van der Waals surface area contributed by atoms with Crippen LogP contribution in [0.5, 0.6) is 17.2 Å². The van der Waals surface area contributed by atoms with E-state index in [9.17, 15) is 34.2 Å². The molecule has 58 heavy (non-hydrogen) atoms. The Bertz CT molecular complexity index is 1820. The third kappa shape index (κ3) is 12.7. The Balaban J connectivity index is 1.92. The van der Waals surface area contributed by atoms with Gasteiger partial charge in [-0.05, 0) is 85.9 Å². The first kappa shape index (κ1) is 46.8. The van der Waals surface area contributed by atoms with Gasteiger partial charge in [-0.25, -0.2) is 4.79 Å². The van der Waals surface area contributed by atoms with Gasteiger partial charge >= 0.3 is 11.9 Å². The molecule has 14 nitrogen and oxygen atoms in total. The molecule has 0 aliphatic rings. The molecule has 0 bridgehead atoms. The number of ether oxygens (including phenoxy) is 3. The molecule has 0 fully saturated rings. The number of likely N-dealkylation sites (N-methyl/N-ethyl adjacent to an activating group) is 3. The highest BCUT2D eigenvalue weighted by atomic mass is 16.6. The Morgan fingerprint density at radius 2 is 1.09 bits per heavy atom. The number of aromatic hydroxyl groups is 2. The van der Waals surface area contributed by atoms with Crippen molar-refractivity contribution < 1.29 is 48.4 Å². The number of methoxy groups -OCH3 is 2. The van der Waals surface area contributed by atoms with Gasteiger partial charge in [0.2, 0.25) is 11.8 Å². The number of nitrogens with zero attached hydrogens (tertiary/aromatic N) is 3. The average molecular weight is 805 g/mol. The third-order valence-corrected chi connectivity index (χ3v) is 10.5. The lowest BCUT2D eigenvalue weighted by atomic mass is 9.96. The first-order chi connectivity index (χ1) is 27.4. The van der Waals surface area contributed by atoms with Crippen molar-refractivity contribution in [2.75, 3.05) is 42.4 Å². The molecule has 316 valence electrons. The largest absolute Gasteiger partial charge is 0.508 e. The lowest BCUT2D eigenvalue weighted by Crippen LogP contribution is -2.59. The first-order valence-electron chi connectivity index (χ1n) is 19.4. The fourth-order valence-electron chi connectivity index (χ4n) is 6.43. The second-order valence-electron chi connectivity index (χ2n) is 15.2. The molecule has 0 saturated carbocycles. The van der Waals surface area contributed by atoms with Crippen LogP contribution in [0.2, 0.25) is 0 Å². The molecule has 3 N–H and O–H groups in total. The Morgan fingerprint density at radius 1 is 0.638 bits per heavy atom. The monoisotopic (exact) mass is 804 g/mol. The molecular formula is C44H60N4O10. The van der Waals surface area contributed by atoms with Crippen LogP contribution in [0.3, 0.4) is 0 Å². The molecule has 6 atom stereocenters. The summed E-state index contributed by atoms with van der Waals surface area (Å²) in [6, 6.07) is 15.6. The van der Waals surface area contributed by atoms with Gasteiger partial charge in [-0.15, -0.1) is 0 Å². The number of carbonyl (C=O) groups is 5. The minimum absolute atomic E-state index is 0.00475. The highest BCUT2D eigenvalue weighted by Gasteiger charge is 2.40. The molecule has 0 aromatic heterocycles. The minimum atomic E-state index is -1.23. The van der Waals surface area contributed by atoms with Gasteiger partial charge in [0.1, 0.15) is 41.4 Å². The third-order valence-electron chi connectivity index (χ3n) is 10.5. The predicted octanol–water partition coefficient (Wildman–Crippen LogP) is 3.99. The Morgan fingerprint density at radius 3 is 1.52 bits per heavy atom. The summed E-state index contributed by atoms with van der Waals surface area (Å²) in [5, 5.41) is 22.6. The summed E-state index contributed by atoms with van der Waals surface area (Å²) >= 11 is 0. The van der Waals surface area contributed by atoms with Crippen LogP contribution >= 0.6 is 0 Å². The van der Waals surface area contributed by atoms with Crippen LogP contribution in [0, 0.1) is 11.8 Å². The lowest BCUT2D eigenvalue weighted by Gasteiger charge is -2.36. The highest BCUT2D eigenvalue weighted by Crippen LogP contribution is 2.22. The van der Waals surface area contributed by atoms with E-state index in [1.54, 1.807) is 83.3 Å². The maximum Gasteiger partial charge on any atom is 0.328 e. The second kappa shape index (κ2) is 21.8. The van der Waals surface area contributed by atoms with Gasteiger partial charge in [0, 0.05) is 32.9 Å². The summed E-state index contributed by atoms with van der Waals surface area (Å²) in [6.45, 7) is 7.18. The molecule has 3 aromatic rings. The van der Waals surface area contributed by atoms with Gasteiger partial charge in [-0.3, -0.25) is 24.1 Å². The van der Waals surface area contributed by atoms with Crippen LogP contribution < -0.4 is 10.1 Å². The Labute approximate surface area is 342 Å². The maximum absolute atomic E-state index is 14.5. The summed E-state index contributed by atoms with van der Waals surface area (Å²) in [5.41, 5.74) is 2.15. The van der Waals surface area contributed by atoms with E-state index in [1.165, 1.54) is 55.3 Å². The molecule has 0 aliphatic heterocycles. The highest BCUT2D eigenvalue weighted by molar-refractivity contribution is 5.95. The molecule has 3 amide bonds. The first-order valence-corrected chi connectivity index (χ1v) is 19.4. The maximum atomic E-state index is 14.5. The number of nitrogens with one attached hydrogen (secondary N) is 1. The van der Waals surface area contributed by atoms with Crippen molar-refractivity contribution in [2.45, 2.75) is 83.6 Å². The molecule has 0 aliphatic carbocycles. The van der Waals surface area contributed by atoms with E-state index in [1.807, 2.05) is 19.1 Å². The number of hydrogen-bond acceptors (Lipinski definition) is 11. The summed E-state index contributed by atoms with van der Waals surface area (Å²) in [7, 11) is 9.21. The number of esters is 2. The Kier molecular flexibility index (Phi) is 17.5. The number of hydrogen-bond donors (Lipinski definition) is 3. The molecule has 0 heterocycles. The normalized spacial score (nSPS) is 14.3. The molecule has 0 radical (unpaired) electrons. The van der Waals surface area contributed by atoms with E-state index >= 15 is 0 Å². The molecule has 3 rings (SSSR count). The van der Waals surface area contributed by atoms with E-state index in [0.717, 1.165) is 5.56 Å². The average Bonchev–Trinajstić information content (AvgIpc) is 3.21. The van der Waals surface area contributed by atoms with E-state index in [4.69, 9.17) is 14.2 Å². The molecule has 0 saturated heterocycles. The number of phenols is 2. The molecule has 0 unspecified atom stereocenters. The van der Waals surface area contributed by atoms with Crippen LogP contribution in [0.1, 0.15) is 50.8 Å². The van der Waals surface area contributed by atoms with Crippen molar-refractivity contribution in [1.82, 2.24) is 20.0 Å². The number of phenolic OH excluding ortho intramolecular Hbond substituents is 2. The van der Waals surface area contributed by atoms with Crippen LogP contribution in [-0.2, 0) is 52.7 Å². The molecular weight excluding hydrogens is 745 g/mol. The van der Waals surface area contributed by atoms with E-state index in [2.05, 4.69) is 5.32 Å². The van der Waals surface area contributed by atoms with Crippen molar-refractivity contribution in [3.05, 3.63) is 89.5 Å². The fraction of sp³-hybridized carbons (Fsp3) is 0.477. The van der Waals surface area contributed by atoms with E-state index in [0.29, 0.717) is 29.7 Å². The smallest absolute Gasteiger partial charge is 0.328 e. The summed E-state index contributed by atoms with van der Waals surface area (Å²) in [6.07, 6.45) is -0.341. The van der Waals surface area contributed by atoms with Crippen LogP contribution in [0.4, 0.5) is 0 Å². The van der Waals surface area contributed by atoms with Gasteiger partial charge in [0.05, 0.1) is 14.2 Å². The van der Waals surface area contributed by atoms with Gasteiger partial charge < -0.3 is 39.5 Å². The summed E-state index contributed by atoms with van der Waals surface area (Å²) in [4.78, 5) is 74.2. The minimum Gasteiger partial charge on any atom is -0.508 e. The molecule has 14 heteroatoms.